The van der Waals surface area contributed by atoms with E-state index in [1.165, 1.54) is 27.7 Å². The Morgan fingerprint density at radius 2 is 0.833 bits per heavy atom. The van der Waals surface area contributed by atoms with Crippen LogP contribution >= 0.6 is 0 Å². The summed E-state index contributed by atoms with van der Waals surface area (Å²) in [7, 11) is -7.07. The number of hydrogen-bond acceptors (Lipinski definition) is 4. The quantitative estimate of drug-likeness (QED) is 0.579. The lowest BCUT2D eigenvalue weighted by molar-refractivity contribution is 0.503. The third kappa shape index (κ3) is 0.608. The SMILES string of the molecule is CC1(C)S(=O)(=O)C(C)(C)S1(=O)=O. The van der Waals surface area contributed by atoms with Crippen molar-refractivity contribution in [2.75, 3.05) is 0 Å². The van der Waals surface area contributed by atoms with Crippen LogP contribution in [0.4, 0.5) is 0 Å². The van der Waals surface area contributed by atoms with Gasteiger partial charge in [-0.1, -0.05) is 0 Å². The Hall–Kier alpha value is -0.100. The molecule has 1 saturated heterocycles. The van der Waals surface area contributed by atoms with Crippen molar-refractivity contribution < 1.29 is 16.8 Å². The molecular formula is C6H12O4S2. The number of hydrogen-bond donors (Lipinski definition) is 0. The Morgan fingerprint density at radius 1 is 0.667 bits per heavy atom. The summed E-state index contributed by atoms with van der Waals surface area (Å²) in [5.41, 5.74) is 0. The minimum absolute atomic E-state index is 1.23. The highest BCUT2D eigenvalue weighted by atomic mass is 32.3. The van der Waals surface area contributed by atoms with Crippen molar-refractivity contribution in [3.63, 3.8) is 0 Å². The third-order valence-corrected chi connectivity index (χ3v) is 10.4. The zero-order valence-corrected chi connectivity index (χ0v) is 9.08. The van der Waals surface area contributed by atoms with Gasteiger partial charge < -0.3 is 0 Å². The summed E-state index contributed by atoms with van der Waals surface area (Å²) in [5, 5.41) is 0. The van der Waals surface area contributed by atoms with Crippen LogP contribution in [-0.4, -0.2) is 25.0 Å². The second-order valence-electron chi connectivity index (χ2n) is 3.81. The first-order chi connectivity index (χ1) is 5.00. The molecule has 0 saturated carbocycles. The maximum Gasteiger partial charge on any atom is 0.189 e. The predicted octanol–water partition coefficient (Wildman–Crippen LogP) is 0.302. The fourth-order valence-corrected chi connectivity index (χ4v) is 8.05. The van der Waals surface area contributed by atoms with Crippen molar-refractivity contribution in [2.24, 2.45) is 0 Å². The predicted molar refractivity (Wildman–Crippen MR) is 46.0 cm³/mol. The molecular weight excluding hydrogens is 200 g/mol. The van der Waals surface area contributed by atoms with Crippen LogP contribution in [0.2, 0.25) is 0 Å². The Morgan fingerprint density at radius 3 is 0.917 bits per heavy atom. The summed E-state index contributed by atoms with van der Waals surface area (Å²) in [4.78, 5) is 0. The zero-order chi connectivity index (χ0) is 10.0. The van der Waals surface area contributed by atoms with Crippen molar-refractivity contribution in [1.29, 1.82) is 0 Å². The van der Waals surface area contributed by atoms with Crippen LogP contribution in [0.15, 0.2) is 0 Å². The van der Waals surface area contributed by atoms with Crippen molar-refractivity contribution in [3.05, 3.63) is 0 Å². The van der Waals surface area contributed by atoms with E-state index in [4.69, 9.17) is 0 Å². The van der Waals surface area contributed by atoms with Gasteiger partial charge in [-0.05, 0) is 27.7 Å². The lowest BCUT2D eigenvalue weighted by atomic mass is 10.5. The van der Waals surface area contributed by atoms with E-state index in [-0.39, 0.29) is 0 Å². The largest absolute Gasteiger partial charge is 0.226 e. The lowest BCUT2D eigenvalue weighted by Crippen LogP contribution is -2.68. The van der Waals surface area contributed by atoms with Crippen LogP contribution in [0.3, 0.4) is 0 Å². The molecule has 0 aromatic rings. The van der Waals surface area contributed by atoms with Gasteiger partial charge in [-0.15, -0.1) is 0 Å². The lowest BCUT2D eigenvalue weighted by Gasteiger charge is -2.46. The molecule has 0 aromatic heterocycles. The highest BCUT2D eigenvalue weighted by Crippen LogP contribution is 2.51. The van der Waals surface area contributed by atoms with Crippen LogP contribution in [0.1, 0.15) is 27.7 Å². The number of rotatable bonds is 0. The van der Waals surface area contributed by atoms with E-state index in [2.05, 4.69) is 0 Å². The molecule has 4 nitrogen and oxygen atoms in total. The van der Waals surface area contributed by atoms with Crippen LogP contribution in [0.25, 0.3) is 0 Å². The Balaban J connectivity index is 3.58. The van der Waals surface area contributed by atoms with Crippen LogP contribution in [0.5, 0.6) is 0 Å². The van der Waals surface area contributed by atoms with Crippen LogP contribution in [0, 0.1) is 0 Å². The van der Waals surface area contributed by atoms with E-state index in [0.29, 0.717) is 0 Å². The first-order valence-corrected chi connectivity index (χ1v) is 6.45. The molecule has 1 heterocycles. The highest BCUT2D eigenvalue weighted by Gasteiger charge is 2.73. The second-order valence-corrected chi connectivity index (χ2v) is 10.4. The molecule has 0 bridgehead atoms. The van der Waals surface area contributed by atoms with Gasteiger partial charge in [-0.3, -0.25) is 0 Å². The minimum atomic E-state index is -3.53. The Bertz CT molecular complexity index is 344. The molecule has 0 aliphatic carbocycles. The molecule has 1 fully saturated rings. The summed E-state index contributed by atoms with van der Waals surface area (Å²) >= 11 is 0. The van der Waals surface area contributed by atoms with Crippen molar-refractivity contribution in [2.45, 2.75) is 35.9 Å². The molecule has 0 unspecified atom stereocenters. The fraction of sp³-hybridized carbons (Fsp3) is 1.00. The summed E-state index contributed by atoms with van der Waals surface area (Å²) < 4.78 is 42.5. The van der Waals surface area contributed by atoms with E-state index in [9.17, 15) is 16.8 Å². The molecule has 12 heavy (non-hydrogen) atoms. The van der Waals surface area contributed by atoms with Crippen LogP contribution in [-0.2, 0) is 19.7 Å². The van der Waals surface area contributed by atoms with E-state index in [1.807, 2.05) is 0 Å². The molecule has 1 aliphatic rings. The van der Waals surface area contributed by atoms with Gasteiger partial charge in [0.05, 0.1) is 0 Å². The van der Waals surface area contributed by atoms with Gasteiger partial charge in [0, 0.05) is 0 Å². The Labute approximate surface area is 72.8 Å². The molecule has 1 aliphatic heterocycles. The smallest absolute Gasteiger partial charge is 0.189 e. The summed E-state index contributed by atoms with van der Waals surface area (Å²) in [6.07, 6.45) is 0. The van der Waals surface area contributed by atoms with E-state index in [0.717, 1.165) is 0 Å². The molecule has 72 valence electrons. The fourth-order valence-electron chi connectivity index (χ4n) is 1.44. The van der Waals surface area contributed by atoms with Gasteiger partial charge in [0.1, 0.15) is 0 Å². The van der Waals surface area contributed by atoms with Gasteiger partial charge >= 0.3 is 0 Å². The first-order valence-electron chi connectivity index (χ1n) is 3.48. The maximum absolute atomic E-state index is 11.4. The summed E-state index contributed by atoms with van der Waals surface area (Å²) in [6.45, 7) is 4.90. The van der Waals surface area contributed by atoms with Gasteiger partial charge in [-0.2, -0.15) is 0 Å². The summed E-state index contributed by atoms with van der Waals surface area (Å²) in [6, 6.07) is 0. The topological polar surface area (TPSA) is 68.3 Å². The highest BCUT2D eigenvalue weighted by molar-refractivity contribution is 8.27. The summed E-state index contributed by atoms with van der Waals surface area (Å²) in [5.74, 6) is 0. The third-order valence-electron chi connectivity index (χ3n) is 2.59. The monoisotopic (exact) mass is 212 g/mol. The second kappa shape index (κ2) is 1.87. The normalized spacial score (nSPS) is 33.7. The molecule has 0 atom stereocenters. The molecule has 1 rings (SSSR count). The standard InChI is InChI=1S/C6H12O4S2/c1-5(2)11(7,8)6(3,4)12(5,9)10/h1-4H3. The molecule has 0 radical (unpaired) electrons. The van der Waals surface area contributed by atoms with Gasteiger partial charge in [0.25, 0.3) is 0 Å². The van der Waals surface area contributed by atoms with E-state index >= 15 is 0 Å². The maximum atomic E-state index is 11.4. The molecule has 6 heteroatoms. The molecule has 0 amide bonds. The van der Waals surface area contributed by atoms with E-state index < -0.39 is 27.8 Å². The number of sulfone groups is 2. The molecule has 0 spiro atoms. The first kappa shape index (κ1) is 9.98. The molecule has 0 aromatic carbocycles. The Kier molecular flexibility index (Phi) is 1.56. The minimum Gasteiger partial charge on any atom is -0.226 e. The van der Waals surface area contributed by atoms with Gasteiger partial charge in [0.2, 0.25) is 0 Å². The average molecular weight is 212 g/mol. The van der Waals surface area contributed by atoms with Gasteiger partial charge in [0.15, 0.2) is 27.8 Å². The van der Waals surface area contributed by atoms with Gasteiger partial charge in [-0.25, -0.2) is 16.8 Å². The zero-order valence-electron chi connectivity index (χ0n) is 7.45. The van der Waals surface area contributed by atoms with E-state index in [1.54, 1.807) is 0 Å². The van der Waals surface area contributed by atoms with Crippen molar-refractivity contribution in [1.82, 2.24) is 0 Å². The average Bonchev–Trinajstić information content (AvgIpc) is 1.84. The van der Waals surface area contributed by atoms with Crippen molar-refractivity contribution >= 4 is 19.7 Å². The van der Waals surface area contributed by atoms with Crippen molar-refractivity contribution in [3.8, 4) is 0 Å². The molecule has 0 N–H and O–H groups in total. The van der Waals surface area contributed by atoms with Crippen LogP contribution < -0.4 is 0 Å².